The molecule has 0 spiro atoms. The fraction of sp³-hybridized carbons (Fsp3) is 0.250. The number of amides is 1. The van der Waals surface area contributed by atoms with Gasteiger partial charge in [0.1, 0.15) is 0 Å². The van der Waals surface area contributed by atoms with Crippen LogP contribution >= 0.6 is 12.6 Å². The Morgan fingerprint density at radius 2 is 2.17 bits per heavy atom. The van der Waals surface area contributed by atoms with Crippen molar-refractivity contribution < 1.29 is 4.79 Å². The molecule has 0 aliphatic carbocycles. The quantitative estimate of drug-likeness (QED) is 0.691. The predicted octanol–water partition coefficient (Wildman–Crippen LogP) is 0.974. The molecule has 0 bridgehead atoms. The van der Waals surface area contributed by atoms with Crippen LogP contribution in [0.15, 0.2) is 24.5 Å². The largest absolute Gasteiger partial charge is 0.315 e. The summed E-state index contributed by atoms with van der Waals surface area (Å²) in [5.74, 6) is 0.197. The van der Waals surface area contributed by atoms with Crippen molar-refractivity contribution in [3.63, 3.8) is 0 Å². The van der Waals surface area contributed by atoms with Crippen LogP contribution in [0.2, 0.25) is 0 Å². The van der Waals surface area contributed by atoms with E-state index >= 15 is 0 Å². The summed E-state index contributed by atoms with van der Waals surface area (Å²) in [6, 6.07) is 3.56. The summed E-state index contributed by atoms with van der Waals surface area (Å²) in [6.07, 6.45) is 3.30. The van der Waals surface area contributed by atoms with Gasteiger partial charge in [-0.15, -0.1) is 0 Å². The van der Waals surface area contributed by atoms with Gasteiger partial charge in [0, 0.05) is 25.1 Å². The van der Waals surface area contributed by atoms with Gasteiger partial charge in [0.05, 0.1) is 5.75 Å². The zero-order valence-electron chi connectivity index (χ0n) is 6.77. The highest BCUT2D eigenvalue weighted by Gasteiger charge is 2.06. The highest BCUT2D eigenvalue weighted by Crippen LogP contribution is 2.09. The molecule has 1 aromatic rings. The highest BCUT2D eigenvalue weighted by atomic mass is 32.1. The number of hydrogen-bond donors (Lipinski definition) is 1. The number of aromatic nitrogens is 1. The van der Waals surface area contributed by atoms with Gasteiger partial charge in [-0.25, -0.2) is 0 Å². The Kier molecular flexibility index (Phi) is 3.10. The van der Waals surface area contributed by atoms with Gasteiger partial charge in [0.25, 0.3) is 0 Å². The number of thiol groups is 1. The van der Waals surface area contributed by atoms with Crippen molar-refractivity contribution in [1.82, 2.24) is 4.98 Å². The van der Waals surface area contributed by atoms with Crippen LogP contribution in [0.25, 0.3) is 0 Å². The maximum absolute atomic E-state index is 11.1. The molecule has 0 N–H and O–H groups in total. The molecule has 1 heterocycles. The Labute approximate surface area is 76.8 Å². The Morgan fingerprint density at radius 1 is 1.58 bits per heavy atom. The van der Waals surface area contributed by atoms with Crippen molar-refractivity contribution in [2.45, 2.75) is 0 Å². The molecule has 0 fully saturated rings. The molecule has 0 saturated heterocycles. The van der Waals surface area contributed by atoms with Gasteiger partial charge in [-0.3, -0.25) is 9.78 Å². The van der Waals surface area contributed by atoms with Gasteiger partial charge in [0.15, 0.2) is 0 Å². The predicted molar refractivity (Wildman–Crippen MR) is 51.5 cm³/mol. The van der Waals surface area contributed by atoms with E-state index in [9.17, 15) is 4.79 Å². The number of carbonyl (C=O) groups excluding carboxylic acids is 1. The molecule has 0 radical (unpaired) electrons. The van der Waals surface area contributed by atoms with Crippen LogP contribution in [0, 0.1) is 0 Å². The molecule has 3 nitrogen and oxygen atoms in total. The van der Waals surface area contributed by atoms with Gasteiger partial charge in [-0.05, 0) is 12.1 Å². The van der Waals surface area contributed by atoms with E-state index in [1.54, 1.807) is 36.5 Å². The van der Waals surface area contributed by atoms with Crippen molar-refractivity contribution >= 4 is 24.2 Å². The van der Waals surface area contributed by atoms with E-state index in [4.69, 9.17) is 0 Å². The number of rotatable bonds is 2. The molecule has 0 atom stereocenters. The lowest BCUT2D eigenvalue weighted by Crippen LogP contribution is -2.27. The highest BCUT2D eigenvalue weighted by molar-refractivity contribution is 7.81. The number of hydrogen-bond acceptors (Lipinski definition) is 3. The van der Waals surface area contributed by atoms with Crippen molar-refractivity contribution in [3.8, 4) is 0 Å². The fourth-order valence-corrected chi connectivity index (χ4v) is 1.03. The first-order valence-electron chi connectivity index (χ1n) is 3.53. The van der Waals surface area contributed by atoms with E-state index in [0.717, 1.165) is 5.69 Å². The molecule has 1 aromatic heterocycles. The van der Waals surface area contributed by atoms with Gasteiger partial charge < -0.3 is 4.90 Å². The van der Waals surface area contributed by atoms with Crippen LogP contribution in [0.3, 0.4) is 0 Å². The maximum atomic E-state index is 11.1. The molecular formula is C8H10N2OS. The van der Waals surface area contributed by atoms with E-state index in [0.29, 0.717) is 0 Å². The monoisotopic (exact) mass is 182 g/mol. The van der Waals surface area contributed by atoms with Crippen molar-refractivity contribution in [2.75, 3.05) is 17.7 Å². The van der Waals surface area contributed by atoms with Crippen molar-refractivity contribution in [1.29, 1.82) is 0 Å². The summed E-state index contributed by atoms with van der Waals surface area (Å²) in [4.78, 5) is 16.5. The van der Waals surface area contributed by atoms with E-state index in [-0.39, 0.29) is 11.7 Å². The molecular weight excluding hydrogens is 172 g/mol. The average molecular weight is 182 g/mol. The maximum Gasteiger partial charge on any atom is 0.236 e. The Bertz CT molecular complexity index is 263. The summed E-state index contributed by atoms with van der Waals surface area (Å²) in [6.45, 7) is 0. The van der Waals surface area contributed by atoms with E-state index in [1.807, 2.05) is 0 Å². The SMILES string of the molecule is CN(C(=O)CS)c1ccncc1. The lowest BCUT2D eigenvalue weighted by atomic mass is 10.4. The van der Waals surface area contributed by atoms with E-state index < -0.39 is 0 Å². The number of anilines is 1. The second-order valence-corrected chi connectivity index (χ2v) is 2.63. The minimum atomic E-state index is -0.0236. The molecule has 0 unspecified atom stereocenters. The van der Waals surface area contributed by atoms with Crippen LogP contribution < -0.4 is 4.90 Å². The van der Waals surface area contributed by atoms with Crippen LogP contribution in [0.5, 0.6) is 0 Å². The molecule has 1 rings (SSSR count). The van der Waals surface area contributed by atoms with Crippen LogP contribution in [0.4, 0.5) is 5.69 Å². The zero-order valence-corrected chi connectivity index (χ0v) is 7.66. The van der Waals surface area contributed by atoms with Crippen LogP contribution in [-0.2, 0) is 4.79 Å². The standard InChI is InChI=1S/C8H10N2OS/c1-10(8(11)6-12)7-2-4-9-5-3-7/h2-5,12H,6H2,1H3. The first-order valence-corrected chi connectivity index (χ1v) is 4.16. The van der Waals surface area contributed by atoms with Gasteiger partial charge in [0.2, 0.25) is 5.91 Å². The minimum Gasteiger partial charge on any atom is -0.315 e. The lowest BCUT2D eigenvalue weighted by molar-refractivity contribution is -0.115. The second kappa shape index (κ2) is 4.11. The molecule has 0 aliphatic rings. The van der Waals surface area contributed by atoms with Crippen molar-refractivity contribution in [3.05, 3.63) is 24.5 Å². The number of pyridine rings is 1. The Balaban J connectivity index is 2.78. The first-order chi connectivity index (χ1) is 5.75. The smallest absolute Gasteiger partial charge is 0.236 e. The summed E-state index contributed by atoms with van der Waals surface area (Å²) < 4.78 is 0. The Hall–Kier alpha value is -1.03. The average Bonchev–Trinajstić information content (AvgIpc) is 2.17. The second-order valence-electron chi connectivity index (χ2n) is 2.32. The fourth-order valence-electron chi connectivity index (χ4n) is 0.818. The van der Waals surface area contributed by atoms with Gasteiger partial charge in [-0.1, -0.05) is 0 Å². The topological polar surface area (TPSA) is 33.2 Å². The minimum absolute atomic E-state index is 0.0236. The molecule has 4 heteroatoms. The van der Waals surface area contributed by atoms with Gasteiger partial charge in [-0.2, -0.15) is 12.6 Å². The van der Waals surface area contributed by atoms with E-state index in [1.165, 1.54) is 0 Å². The van der Waals surface area contributed by atoms with E-state index in [2.05, 4.69) is 17.6 Å². The molecule has 0 saturated carbocycles. The Morgan fingerprint density at radius 3 is 2.67 bits per heavy atom. The van der Waals surface area contributed by atoms with Crippen LogP contribution in [0.1, 0.15) is 0 Å². The van der Waals surface area contributed by atoms with Crippen LogP contribution in [-0.4, -0.2) is 23.7 Å². The van der Waals surface area contributed by atoms with Gasteiger partial charge >= 0.3 is 0 Å². The summed E-state index contributed by atoms with van der Waals surface area (Å²) in [5, 5.41) is 0. The number of carbonyl (C=O) groups is 1. The summed E-state index contributed by atoms with van der Waals surface area (Å²) in [5.41, 5.74) is 0.837. The molecule has 1 amide bonds. The third-order valence-corrected chi connectivity index (χ3v) is 1.83. The lowest BCUT2D eigenvalue weighted by Gasteiger charge is -2.15. The summed E-state index contributed by atoms with van der Waals surface area (Å²) >= 11 is 3.90. The summed E-state index contributed by atoms with van der Waals surface area (Å²) in [7, 11) is 1.72. The third-order valence-electron chi connectivity index (χ3n) is 1.56. The first kappa shape index (κ1) is 9.06. The molecule has 0 aromatic carbocycles. The normalized spacial score (nSPS) is 9.50. The zero-order chi connectivity index (χ0) is 8.97. The third kappa shape index (κ3) is 1.98. The molecule has 12 heavy (non-hydrogen) atoms. The number of nitrogens with zero attached hydrogens (tertiary/aromatic N) is 2. The van der Waals surface area contributed by atoms with Crippen molar-refractivity contribution in [2.24, 2.45) is 0 Å². The molecule has 64 valence electrons. The molecule has 0 aliphatic heterocycles.